The summed E-state index contributed by atoms with van der Waals surface area (Å²) in [7, 11) is -1.52. The maximum atomic E-state index is 4.50. The number of pyridine rings is 1. The minimum atomic E-state index is -1.52. The van der Waals surface area contributed by atoms with Gasteiger partial charge in [-0.3, -0.25) is 4.98 Å². The fourth-order valence-electron chi connectivity index (χ4n) is 9.49. The Labute approximate surface area is 350 Å². The summed E-state index contributed by atoms with van der Waals surface area (Å²) in [6, 6.07) is 9.52. The van der Waals surface area contributed by atoms with Crippen LogP contribution in [0, 0.1) is 0 Å². The number of hydrogen-bond acceptors (Lipinski definition) is 1. The van der Waals surface area contributed by atoms with Gasteiger partial charge in [-0.2, -0.15) is 0 Å². The lowest BCUT2D eigenvalue weighted by atomic mass is 10.0. The van der Waals surface area contributed by atoms with E-state index in [0.29, 0.717) is 0 Å². The molecule has 0 saturated carbocycles. The van der Waals surface area contributed by atoms with Gasteiger partial charge in [-0.15, -0.1) is 0 Å². The molecule has 0 saturated heterocycles. The lowest BCUT2D eigenvalue weighted by Crippen LogP contribution is -2.47. The smallest absolute Gasteiger partial charge is 0.0868 e. The van der Waals surface area contributed by atoms with E-state index >= 15 is 0 Å². The highest BCUT2D eigenvalue weighted by Gasteiger charge is 2.33. The molecule has 55 heavy (non-hydrogen) atoms. The van der Waals surface area contributed by atoms with Crippen molar-refractivity contribution < 1.29 is 0 Å². The van der Waals surface area contributed by atoms with Gasteiger partial charge in [-0.1, -0.05) is 314 Å². The van der Waals surface area contributed by atoms with E-state index < -0.39 is 8.07 Å². The summed E-state index contributed by atoms with van der Waals surface area (Å²) in [5.74, 6) is 0. The highest BCUT2D eigenvalue weighted by atomic mass is 28.3. The van der Waals surface area contributed by atoms with Gasteiger partial charge >= 0.3 is 0 Å². The monoisotopic (exact) mass is 782 g/mol. The topological polar surface area (TPSA) is 12.9 Å². The first kappa shape index (κ1) is 52.4. The Morgan fingerprint density at radius 1 is 0.273 bits per heavy atom. The van der Waals surface area contributed by atoms with E-state index in [9.17, 15) is 0 Å². The Bertz CT molecular complexity index is 759. The van der Waals surface area contributed by atoms with Crippen LogP contribution in [-0.2, 0) is 0 Å². The molecule has 0 aliphatic heterocycles. The van der Waals surface area contributed by atoms with Gasteiger partial charge in [-0.05, 0) is 12.1 Å². The first-order valence-electron chi connectivity index (χ1n) is 26.2. The van der Waals surface area contributed by atoms with Crippen LogP contribution < -0.4 is 5.19 Å². The lowest BCUT2D eigenvalue weighted by molar-refractivity contribution is 0.535. The van der Waals surface area contributed by atoms with Gasteiger partial charge in [-0.25, -0.2) is 0 Å². The summed E-state index contributed by atoms with van der Waals surface area (Å²) < 4.78 is 0. The summed E-state index contributed by atoms with van der Waals surface area (Å²) in [5.41, 5.74) is 0. The largest absolute Gasteiger partial charge is 0.265 e. The first-order valence-corrected chi connectivity index (χ1v) is 28.8. The average Bonchev–Trinajstić information content (AvgIpc) is 3.21. The molecule has 324 valence electrons. The molecule has 0 amide bonds. The van der Waals surface area contributed by atoms with Crippen LogP contribution in [0.25, 0.3) is 0 Å². The molecule has 1 rings (SSSR count). The third-order valence-electron chi connectivity index (χ3n) is 13.3. The maximum absolute atomic E-state index is 4.50. The molecule has 0 unspecified atom stereocenters. The molecule has 0 fully saturated rings. The summed E-state index contributed by atoms with van der Waals surface area (Å²) in [4.78, 5) is 4.50. The van der Waals surface area contributed by atoms with Gasteiger partial charge in [0.05, 0.1) is 8.07 Å². The summed E-state index contributed by atoms with van der Waals surface area (Å²) in [6.07, 6.45) is 65.6. The lowest BCUT2D eigenvalue weighted by Gasteiger charge is -2.33. The second-order valence-electron chi connectivity index (χ2n) is 18.6. The second-order valence-corrected chi connectivity index (χ2v) is 23.2. The molecule has 1 nitrogen and oxygen atoms in total. The molecule has 0 aliphatic carbocycles. The number of nitrogens with zero attached hydrogens (tertiary/aromatic N) is 1. The predicted octanol–water partition coefficient (Wildman–Crippen LogP) is 19.2. The molecule has 2 heteroatoms. The van der Waals surface area contributed by atoms with E-state index in [1.807, 2.05) is 0 Å². The van der Waals surface area contributed by atoms with Crippen molar-refractivity contribution in [3.8, 4) is 0 Å². The van der Waals surface area contributed by atoms with Crippen molar-refractivity contribution in [2.24, 2.45) is 0 Å². The second kappa shape index (κ2) is 43.0. The van der Waals surface area contributed by atoms with Gasteiger partial charge in [0.2, 0.25) is 0 Å². The van der Waals surface area contributed by atoms with Gasteiger partial charge < -0.3 is 0 Å². The van der Waals surface area contributed by atoms with E-state index in [1.54, 1.807) is 5.19 Å². The zero-order valence-electron chi connectivity index (χ0n) is 38.6. The molecule has 0 N–H and O–H groups in total. The average molecular weight is 782 g/mol. The van der Waals surface area contributed by atoms with Gasteiger partial charge in [0.15, 0.2) is 0 Å². The molecular weight excluding hydrogens is 679 g/mol. The van der Waals surface area contributed by atoms with Crippen molar-refractivity contribution in [2.75, 3.05) is 0 Å². The summed E-state index contributed by atoms with van der Waals surface area (Å²) in [5, 5.41) is 1.75. The van der Waals surface area contributed by atoms with E-state index in [4.69, 9.17) is 0 Å². The molecule has 0 radical (unpaired) electrons. The SMILES string of the molecule is CCCCCCCCCCCCCCCC[Si](CCCCCCCCCCCCCCCC)(CCCCCCCCCCCCCCCC)c1ccncc1. The number of rotatable bonds is 46. The Morgan fingerprint density at radius 2 is 0.455 bits per heavy atom. The van der Waals surface area contributed by atoms with Crippen LogP contribution in [0.1, 0.15) is 290 Å². The maximum Gasteiger partial charge on any atom is 0.0868 e. The number of aromatic nitrogens is 1. The molecular formula is C53H103NSi. The molecule has 0 aromatic carbocycles. The summed E-state index contributed by atoms with van der Waals surface area (Å²) in [6.45, 7) is 6.97. The number of hydrogen-bond donors (Lipinski definition) is 0. The highest BCUT2D eigenvalue weighted by Crippen LogP contribution is 2.30. The molecule has 0 bridgehead atoms. The third-order valence-corrected chi connectivity index (χ3v) is 18.8. The van der Waals surface area contributed by atoms with Crippen molar-refractivity contribution in [2.45, 2.75) is 309 Å². The predicted molar refractivity (Wildman–Crippen MR) is 255 cm³/mol. The first-order chi connectivity index (χ1) is 27.3. The van der Waals surface area contributed by atoms with Crippen LogP contribution in [0.4, 0.5) is 0 Å². The Kier molecular flexibility index (Phi) is 40.9. The molecule has 0 spiro atoms. The van der Waals surface area contributed by atoms with Crippen LogP contribution in [-0.4, -0.2) is 13.1 Å². The fraction of sp³-hybridized carbons (Fsp3) is 0.906. The molecule has 1 aromatic rings. The van der Waals surface area contributed by atoms with Gasteiger partial charge in [0.25, 0.3) is 0 Å². The van der Waals surface area contributed by atoms with Crippen molar-refractivity contribution >= 4 is 13.3 Å². The minimum Gasteiger partial charge on any atom is -0.265 e. The third kappa shape index (κ3) is 34.0. The standard InChI is InChI=1S/C53H103NSi/c1-4-7-10-13-16-19-22-25-28-31-34-37-40-43-50-55(53-46-48-54-49-47-53,51-44-41-38-35-32-29-26-23-20-17-14-11-8-5-2)52-45-42-39-36-33-30-27-24-21-18-15-12-9-6-3/h46-49H,4-45,50-52H2,1-3H3. The number of unbranched alkanes of at least 4 members (excludes halogenated alkanes) is 39. The zero-order valence-corrected chi connectivity index (χ0v) is 39.6. The fourth-order valence-corrected chi connectivity index (χ4v) is 14.7. The molecule has 1 heterocycles. The highest BCUT2D eigenvalue weighted by molar-refractivity contribution is 6.91. The van der Waals surface area contributed by atoms with E-state index in [2.05, 4.69) is 50.3 Å². The van der Waals surface area contributed by atoms with E-state index in [1.165, 1.54) is 288 Å². The van der Waals surface area contributed by atoms with Crippen molar-refractivity contribution in [1.29, 1.82) is 0 Å². The Balaban J connectivity index is 2.46. The van der Waals surface area contributed by atoms with Gasteiger partial charge in [0, 0.05) is 12.4 Å². The minimum absolute atomic E-state index is 1.37. The van der Waals surface area contributed by atoms with Crippen LogP contribution in [0.15, 0.2) is 24.5 Å². The Hall–Kier alpha value is -0.633. The van der Waals surface area contributed by atoms with E-state index in [-0.39, 0.29) is 0 Å². The molecule has 0 atom stereocenters. The van der Waals surface area contributed by atoms with E-state index in [0.717, 1.165) is 0 Å². The van der Waals surface area contributed by atoms with Gasteiger partial charge in [0.1, 0.15) is 0 Å². The Morgan fingerprint density at radius 3 is 0.655 bits per heavy atom. The van der Waals surface area contributed by atoms with Crippen molar-refractivity contribution in [1.82, 2.24) is 4.98 Å². The molecule has 1 aromatic heterocycles. The zero-order chi connectivity index (χ0) is 39.4. The van der Waals surface area contributed by atoms with Crippen LogP contribution in [0.5, 0.6) is 0 Å². The van der Waals surface area contributed by atoms with Crippen molar-refractivity contribution in [3.63, 3.8) is 0 Å². The molecule has 0 aliphatic rings. The van der Waals surface area contributed by atoms with Crippen LogP contribution in [0.2, 0.25) is 18.1 Å². The normalized spacial score (nSPS) is 11.9. The quantitative estimate of drug-likeness (QED) is 0.0474. The van der Waals surface area contributed by atoms with Crippen LogP contribution >= 0.6 is 0 Å². The van der Waals surface area contributed by atoms with Crippen molar-refractivity contribution in [3.05, 3.63) is 24.5 Å². The summed E-state index contributed by atoms with van der Waals surface area (Å²) >= 11 is 0. The van der Waals surface area contributed by atoms with Crippen LogP contribution in [0.3, 0.4) is 0 Å².